The van der Waals surface area contributed by atoms with Crippen molar-refractivity contribution >= 4 is 15.7 Å². The third-order valence-electron chi connectivity index (χ3n) is 3.69. The number of nitrogens with two attached hydrogens (primary N) is 1. The number of hydrogen-bond acceptors (Lipinski definition) is 6. The van der Waals surface area contributed by atoms with Gasteiger partial charge in [0.2, 0.25) is 5.91 Å². The van der Waals surface area contributed by atoms with E-state index in [1.165, 1.54) is 0 Å². The van der Waals surface area contributed by atoms with Crippen LogP contribution < -0.4 is 11.1 Å². The molecule has 0 saturated carbocycles. The fraction of sp³-hybridized carbons (Fsp3) is 0.917. The molecule has 7 nitrogen and oxygen atoms in total. The predicted molar refractivity (Wildman–Crippen MR) is 75.0 cm³/mol. The van der Waals surface area contributed by atoms with Crippen LogP contribution in [-0.2, 0) is 19.4 Å². The molecular formula is C12H23N3O4S. The van der Waals surface area contributed by atoms with Crippen molar-refractivity contribution in [3.63, 3.8) is 0 Å². The Balaban J connectivity index is 2.13. The molecule has 2 heterocycles. The molecule has 2 saturated heterocycles. The van der Waals surface area contributed by atoms with Gasteiger partial charge in [-0.3, -0.25) is 9.69 Å². The Bertz CT molecular complexity index is 465. The molecule has 0 aromatic carbocycles. The van der Waals surface area contributed by atoms with Gasteiger partial charge in [-0.2, -0.15) is 0 Å². The van der Waals surface area contributed by atoms with Crippen LogP contribution in [0.2, 0.25) is 0 Å². The Hall–Kier alpha value is -0.700. The lowest BCUT2D eigenvalue weighted by molar-refractivity contribution is -0.134. The van der Waals surface area contributed by atoms with Crippen molar-refractivity contribution in [1.82, 2.24) is 10.2 Å². The summed E-state index contributed by atoms with van der Waals surface area (Å²) in [5, 5.41) is 2.85. The maximum Gasteiger partial charge on any atom is 0.239 e. The van der Waals surface area contributed by atoms with E-state index in [1.54, 1.807) is 0 Å². The molecule has 0 aromatic heterocycles. The van der Waals surface area contributed by atoms with Crippen LogP contribution in [0.15, 0.2) is 0 Å². The highest BCUT2D eigenvalue weighted by Crippen LogP contribution is 2.21. The van der Waals surface area contributed by atoms with Crippen molar-refractivity contribution in [3.8, 4) is 0 Å². The zero-order valence-corrected chi connectivity index (χ0v) is 12.7. The van der Waals surface area contributed by atoms with Gasteiger partial charge in [0.25, 0.3) is 0 Å². The highest BCUT2D eigenvalue weighted by atomic mass is 32.2. The molecule has 3 atom stereocenters. The van der Waals surface area contributed by atoms with Crippen molar-refractivity contribution in [2.24, 2.45) is 5.73 Å². The third-order valence-corrected chi connectivity index (χ3v) is 5.44. The van der Waals surface area contributed by atoms with Crippen LogP contribution in [0.5, 0.6) is 0 Å². The minimum absolute atomic E-state index is 0.00641. The zero-order valence-electron chi connectivity index (χ0n) is 11.9. The van der Waals surface area contributed by atoms with E-state index in [1.807, 2.05) is 18.7 Å². The number of rotatable bonds is 3. The molecule has 8 heteroatoms. The molecule has 116 valence electrons. The van der Waals surface area contributed by atoms with Gasteiger partial charge in [0, 0.05) is 24.7 Å². The van der Waals surface area contributed by atoms with Gasteiger partial charge in [0.1, 0.15) is 6.04 Å². The lowest BCUT2D eigenvalue weighted by Gasteiger charge is -2.39. The molecule has 3 N–H and O–H groups in total. The second-order valence-electron chi connectivity index (χ2n) is 5.80. The largest absolute Gasteiger partial charge is 0.378 e. The first-order valence-electron chi connectivity index (χ1n) is 6.90. The number of sulfone groups is 1. The molecule has 1 amide bonds. The number of amides is 1. The summed E-state index contributed by atoms with van der Waals surface area (Å²) in [7, 11) is -3.11. The van der Waals surface area contributed by atoms with Crippen LogP contribution >= 0.6 is 0 Å². The fourth-order valence-electron chi connectivity index (χ4n) is 2.82. The quantitative estimate of drug-likeness (QED) is 0.647. The van der Waals surface area contributed by atoms with Crippen molar-refractivity contribution in [3.05, 3.63) is 0 Å². The minimum Gasteiger partial charge on any atom is -0.378 e. The number of ether oxygens (including phenoxy) is 1. The molecule has 0 spiro atoms. The van der Waals surface area contributed by atoms with E-state index in [4.69, 9.17) is 10.5 Å². The van der Waals surface area contributed by atoms with Crippen LogP contribution in [-0.4, -0.2) is 74.7 Å². The molecule has 0 radical (unpaired) electrons. The molecule has 3 unspecified atom stereocenters. The van der Waals surface area contributed by atoms with Gasteiger partial charge in [-0.15, -0.1) is 0 Å². The standard InChI is InChI=1S/C12H23N3O4S/c1-8(2)14-12(16)10-5-19-4-3-15(10)11-7-20(17,18)6-9(11)13/h8-11H,3-7,13H2,1-2H3,(H,14,16). The highest BCUT2D eigenvalue weighted by molar-refractivity contribution is 7.91. The van der Waals surface area contributed by atoms with Gasteiger partial charge in [-0.1, -0.05) is 0 Å². The Kier molecular flexibility index (Phi) is 4.68. The van der Waals surface area contributed by atoms with E-state index >= 15 is 0 Å². The smallest absolute Gasteiger partial charge is 0.239 e. The van der Waals surface area contributed by atoms with Crippen LogP contribution in [0.1, 0.15) is 13.8 Å². The van der Waals surface area contributed by atoms with Crippen molar-refractivity contribution < 1.29 is 17.9 Å². The summed E-state index contributed by atoms with van der Waals surface area (Å²) in [6, 6.07) is -1.16. The topological polar surface area (TPSA) is 102 Å². The Labute approximate surface area is 119 Å². The molecule has 0 aliphatic carbocycles. The third kappa shape index (κ3) is 3.49. The first-order chi connectivity index (χ1) is 9.30. The van der Waals surface area contributed by atoms with Crippen molar-refractivity contribution in [2.45, 2.75) is 38.0 Å². The molecular weight excluding hydrogens is 282 g/mol. The minimum atomic E-state index is -3.11. The Morgan fingerprint density at radius 1 is 1.40 bits per heavy atom. The number of morpholine rings is 1. The van der Waals surface area contributed by atoms with E-state index in [0.717, 1.165) is 0 Å². The summed E-state index contributed by atoms with van der Waals surface area (Å²) in [5.74, 6) is -0.108. The maximum atomic E-state index is 12.2. The molecule has 2 aliphatic heterocycles. The monoisotopic (exact) mass is 305 g/mol. The lowest BCUT2D eigenvalue weighted by Crippen LogP contribution is -2.61. The lowest BCUT2D eigenvalue weighted by atomic mass is 10.1. The second-order valence-corrected chi connectivity index (χ2v) is 7.95. The number of nitrogens with one attached hydrogen (secondary N) is 1. The maximum absolute atomic E-state index is 12.2. The van der Waals surface area contributed by atoms with Gasteiger partial charge >= 0.3 is 0 Å². The first kappa shape index (κ1) is 15.7. The first-order valence-corrected chi connectivity index (χ1v) is 8.72. The molecule has 0 aromatic rings. The van der Waals surface area contributed by atoms with Crippen molar-refractivity contribution in [2.75, 3.05) is 31.3 Å². The van der Waals surface area contributed by atoms with Gasteiger partial charge in [0.05, 0.1) is 24.7 Å². The van der Waals surface area contributed by atoms with Gasteiger partial charge < -0.3 is 15.8 Å². The summed E-state index contributed by atoms with van der Waals surface area (Å²) >= 11 is 0. The normalized spacial score (nSPS) is 34.3. The van der Waals surface area contributed by atoms with E-state index in [-0.39, 0.29) is 36.1 Å². The van der Waals surface area contributed by atoms with Crippen LogP contribution in [0, 0.1) is 0 Å². The van der Waals surface area contributed by atoms with Gasteiger partial charge in [-0.05, 0) is 13.8 Å². The summed E-state index contributed by atoms with van der Waals surface area (Å²) in [6.07, 6.45) is 0. The molecule has 2 fully saturated rings. The Morgan fingerprint density at radius 2 is 2.10 bits per heavy atom. The van der Waals surface area contributed by atoms with Crippen molar-refractivity contribution in [1.29, 1.82) is 0 Å². The SMILES string of the molecule is CC(C)NC(=O)C1COCCN1C1CS(=O)(=O)CC1N. The van der Waals surface area contributed by atoms with Gasteiger partial charge in [-0.25, -0.2) is 8.42 Å². The molecule has 20 heavy (non-hydrogen) atoms. The van der Waals surface area contributed by atoms with E-state index in [2.05, 4.69) is 5.32 Å². The average Bonchev–Trinajstić information content (AvgIpc) is 2.62. The fourth-order valence-corrected chi connectivity index (χ4v) is 4.72. The second kappa shape index (κ2) is 5.97. The van der Waals surface area contributed by atoms with Crippen LogP contribution in [0.4, 0.5) is 0 Å². The summed E-state index contributed by atoms with van der Waals surface area (Å²) in [4.78, 5) is 14.1. The summed E-state index contributed by atoms with van der Waals surface area (Å²) < 4.78 is 28.8. The Morgan fingerprint density at radius 3 is 2.65 bits per heavy atom. The molecule has 2 rings (SSSR count). The molecule has 2 aliphatic rings. The zero-order chi connectivity index (χ0) is 14.9. The van der Waals surface area contributed by atoms with Gasteiger partial charge in [0.15, 0.2) is 9.84 Å². The van der Waals surface area contributed by atoms with Crippen LogP contribution in [0.3, 0.4) is 0 Å². The summed E-state index contributed by atoms with van der Waals surface area (Å²) in [6.45, 7) is 5.08. The average molecular weight is 305 g/mol. The predicted octanol–water partition coefficient (Wildman–Crippen LogP) is -1.66. The molecule has 0 bridgehead atoms. The van der Waals surface area contributed by atoms with E-state index in [0.29, 0.717) is 13.2 Å². The highest BCUT2D eigenvalue weighted by Gasteiger charge is 2.44. The van der Waals surface area contributed by atoms with Crippen LogP contribution in [0.25, 0.3) is 0 Å². The van der Waals surface area contributed by atoms with E-state index < -0.39 is 21.9 Å². The number of hydrogen-bond donors (Lipinski definition) is 2. The number of carbonyl (C=O) groups is 1. The van der Waals surface area contributed by atoms with E-state index in [9.17, 15) is 13.2 Å². The number of nitrogens with zero attached hydrogens (tertiary/aromatic N) is 1. The summed E-state index contributed by atoms with van der Waals surface area (Å²) in [5.41, 5.74) is 5.96. The number of carbonyl (C=O) groups excluding carboxylic acids is 1.